The van der Waals surface area contributed by atoms with Gasteiger partial charge in [-0.15, -0.1) is 6.58 Å². The van der Waals surface area contributed by atoms with Gasteiger partial charge in [-0.05, 0) is 25.1 Å². The number of rotatable bonds is 7. The molecule has 0 saturated heterocycles. The molecule has 0 spiro atoms. The Hall–Kier alpha value is -1.18. The number of carbonyl (C=O) groups is 1. The molecule has 0 amide bonds. The summed E-state index contributed by atoms with van der Waals surface area (Å²) in [4.78, 5) is 11.6. The second kappa shape index (κ2) is 7.56. The van der Waals surface area contributed by atoms with E-state index >= 15 is 0 Å². The van der Waals surface area contributed by atoms with Crippen LogP contribution in [0.3, 0.4) is 0 Å². The minimum atomic E-state index is -3.77. The summed E-state index contributed by atoms with van der Waals surface area (Å²) >= 11 is 3.22. The summed E-state index contributed by atoms with van der Waals surface area (Å²) in [6.07, 6.45) is 1.43. The van der Waals surface area contributed by atoms with Crippen LogP contribution in [0.15, 0.2) is 46.3 Å². The molecule has 0 atom stereocenters. The summed E-state index contributed by atoms with van der Waals surface area (Å²) in [7, 11) is -3.77. The highest BCUT2D eigenvalue weighted by molar-refractivity contribution is 9.10. The Morgan fingerprint density at radius 3 is 2.75 bits per heavy atom. The molecule has 0 aromatic heterocycles. The van der Waals surface area contributed by atoms with Crippen LogP contribution in [0, 0.1) is 0 Å². The minimum Gasteiger partial charge on any atom is -0.465 e. The van der Waals surface area contributed by atoms with Crippen molar-refractivity contribution in [2.45, 2.75) is 11.8 Å². The molecule has 0 saturated carbocycles. The van der Waals surface area contributed by atoms with Gasteiger partial charge in [0.15, 0.2) is 0 Å². The SMILES string of the molecule is C=CCN(CC(=O)OCC)S(=O)(=O)c1cccc(Br)c1. The first-order chi connectivity index (χ1) is 9.41. The number of ether oxygens (including phenoxy) is 1. The van der Waals surface area contributed by atoms with E-state index < -0.39 is 16.0 Å². The van der Waals surface area contributed by atoms with E-state index in [9.17, 15) is 13.2 Å². The lowest BCUT2D eigenvalue weighted by atomic mass is 10.4. The molecule has 0 bridgehead atoms. The Bertz CT molecular complexity index is 586. The smallest absolute Gasteiger partial charge is 0.321 e. The van der Waals surface area contributed by atoms with Gasteiger partial charge in [0.2, 0.25) is 10.0 Å². The monoisotopic (exact) mass is 361 g/mol. The first-order valence-corrected chi connectivity index (χ1v) is 8.17. The lowest BCUT2D eigenvalue weighted by Gasteiger charge is -2.19. The van der Waals surface area contributed by atoms with Crippen molar-refractivity contribution in [1.29, 1.82) is 0 Å². The second-order valence-corrected chi connectivity index (χ2v) is 6.70. The van der Waals surface area contributed by atoms with Crippen molar-refractivity contribution in [2.24, 2.45) is 0 Å². The number of hydrogen-bond acceptors (Lipinski definition) is 4. The number of esters is 1. The normalized spacial score (nSPS) is 11.3. The Morgan fingerprint density at radius 1 is 1.50 bits per heavy atom. The molecule has 0 heterocycles. The van der Waals surface area contributed by atoms with Gasteiger partial charge in [0.25, 0.3) is 0 Å². The third kappa shape index (κ3) is 4.43. The third-order valence-corrected chi connectivity index (χ3v) is 4.68. The topological polar surface area (TPSA) is 63.7 Å². The average molecular weight is 362 g/mol. The molecule has 1 aromatic carbocycles. The molecular formula is C13H16BrNO4S. The summed E-state index contributed by atoms with van der Waals surface area (Å²) in [5, 5.41) is 0. The van der Waals surface area contributed by atoms with Gasteiger partial charge in [-0.2, -0.15) is 4.31 Å². The van der Waals surface area contributed by atoms with Crippen LogP contribution >= 0.6 is 15.9 Å². The van der Waals surface area contributed by atoms with Gasteiger partial charge in [-0.3, -0.25) is 4.79 Å². The van der Waals surface area contributed by atoms with E-state index in [0.717, 1.165) is 4.31 Å². The maximum Gasteiger partial charge on any atom is 0.321 e. The third-order valence-electron chi connectivity index (χ3n) is 2.38. The van der Waals surface area contributed by atoms with Crippen LogP contribution in [0.1, 0.15) is 6.92 Å². The summed E-state index contributed by atoms with van der Waals surface area (Å²) in [5.74, 6) is -0.590. The number of carbonyl (C=O) groups excluding carboxylic acids is 1. The van der Waals surface area contributed by atoms with E-state index in [1.54, 1.807) is 19.1 Å². The van der Waals surface area contributed by atoms with Crippen molar-refractivity contribution in [3.05, 3.63) is 41.4 Å². The molecule has 0 N–H and O–H groups in total. The summed E-state index contributed by atoms with van der Waals surface area (Å²) in [6.45, 7) is 5.08. The van der Waals surface area contributed by atoms with Crippen LogP contribution in [0.2, 0.25) is 0 Å². The van der Waals surface area contributed by atoms with Crippen molar-refractivity contribution in [3.8, 4) is 0 Å². The van der Waals surface area contributed by atoms with Crippen LogP contribution < -0.4 is 0 Å². The second-order valence-electron chi connectivity index (χ2n) is 3.85. The van der Waals surface area contributed by atoms with Crippen LogP contribution in [-0.2, 0) is 19.6 Å². The van der Waals surface area contributed by atoms with Crippen molar-refractivity contribution < 1.29 is 17.9 Å². The molecule has 0 aliphatic heterocycles. The van der Waals surface area contributed by atoms with Crippen molar-refractivity contribution in [3.63, 3.8) is 0 Å². The molecule has 7 heteroatoms. The van der Waals surface area contributed by atoms with Crippen molar-refractivity contribution in [1.82, 2.24) is 4.31 Å². The van der Waals surface area contributed by atoms with Crippen LogP contribution in [-0.4, -0.2) is 38.4 Å². The van der Waals surface area contributed by atoms with Crippen molar-refractivity contribution >= 4 is 31.9 Å². The predicted octanol–water partition coefficient (Wildman–Crippen LogP) is 2.19. The average Bonchev–Trinajstić information content (AvgIpc) is 2.38. The van der Waals surface area contributed by atoms with Gasteiger partial charge in [0.05, 0.1) is 11.5 Å². The van der Waals surface area contributed by atoms with Gasteiger partial charge in [0, 0.05) is 11.0 Å². The quantitative estimate of drug-likeness (QED) is 0.551. The number of benzene rings is 1. The van der Waals surface area contributed by atoms with Gasteiger partial charge in [-0.25, -0.2) is 8.42 Å². The fraction of sp³-hybridized carbons (Fsp3) is 0.308. The lowest BCUT2D eigenvalue weighted by molar-refractivity contribution is -0.143. The Balaban J connectivity index is 3.06. The zero-order chi connectivity index (χ0) is 15.2. The van der Waals surface area contributed by atoms with Gasteiger partial charge < -0.3 is 4.74 Å². The Kier molecular flexibility index (Phi) is 6.38. The predicted molar refractivity (Wildman–Crippen MR) is 79.7 cm³/mol. The van der Waals surface area contributed by atoms with Gasteiger partial charge in [0.1, 0.15) is 6.54 Å². The highest BCUT2D eigenvalue weighted by Gasteiger charge is 2.26. The maximum absolute atomic E-state index is 12.5. The fourth-order valence-electron chi connectivity index (χ4n) is 1.52. The van der Waals surface area contributed by atoms with E-state index in [4.69, 9.17) is 4.74 Å². The lowest BCUT2D eigenvalue weighted by Crippen LogP contribution is -2.36. The Labute approximate surface area is 127 Å². The fourth-order valence-corrected chi connectivity index (χ4v) is 3.47. The number of nitrogens with zero attached hydrogens (tertiary/aromatic N) is 1. The molecule has 1 rings (SSSR count). The first kappa shape index (κ1) is 16.9. The molecule has 0 aliphatic carbocycles. The summed E-state index contributed by atoms with van der Waals surface area (Å²) in [6, 6.07) is 6.30. The van der Waals surface area contributed by atoms with E-state index in [2.05, 4.69) is 22.5 Å². The highest BCUT2D eigenvalue weighted by Crippen LogP contribution is 2.20. The van der Waals surface area contributed by atoms with Crippen LogP contribution in [0.5, 0.6) is 0 Å². The molecule has 0 radical (unpaired) electrons. The molecule has 1 aromatic rings. The Morgan fingerprint density at radius 2 is 2.20 bits per heavy atom. The minimum absolute atomic E-state index is 0.0354. The molecular weight excluding hydrogens is 346 g/mol. The molecule has 20 heavy (non-hydrogen) atoms. The van der Waals surface area contributed by atoms with Crippen LogP contribution in [0.25, 0.3) is 0 Å². The zero-order valence-electron chi connectivity index (χ0n) is 11.1. The van der Waals surface area contributed by atoms with E-state index in [0.29, 0.717) is 4.47 Å². The molecule has 0 aliphatic rings. The standard InChI is InChI=1S/C13H16BrNO4S/c1-3-8-15(10-13(16)19-4-2)20(17,18)12-7-5-6-11(14)9-12/h3,5-7,9H,1,4,8,10H2,2H3. The number of halogens is 1. The van der Waals surface area contributed by atoms with E-state index in [1.807, 2.05) is 0 Å². The summed E-state index contributed by atoms with van der Waals surface area (Å²) < 4.78 is 31.4. The number of sulfonamides is 1. The van der Waals surface area contributed by atoms with Gasteiger partial charge in [-0.1, -0.05) is 28.1 Å². The first-order valence-electron chi connectivity index (χ1n) is 5.94. The largest absolute Gasteiger partial charge is 0.465 e. The van der Waals surface area contributed by atoms with E-state index in [1.165, 1.54) is 18.2 Å². The molecule has 5 nitrogen and oxygen atoms in total. The number of hydrogen-bond donors (Lipinski definition) is 0. The molecule has 110 valence electrons. The highest BCUT2D eigenvalue weighted by atomic mass is 79.9. The summed E-state index contributed by atoms with van der Waals surface area (Å²) in [5.41, 5.74) is 0. The van der Waals surface area contributed by atoms with Crippen LogP contribution in [0.4, 0.5) is 0 Å². The molecule has 0 fully saturated rings. The maximum atomic E-state index is 12.5. The zero-order valence-corrected chi connectivity index (χ0v) is 13.5. The molecule has 0 unspecified atom stereocenters. The van der Waals surface area contributed by atoms with Crippen molar-refractivity contribution in [2.75, 3.05) is 19.7 Å². The van der Waals surface area contributed by atoms with Gasteiger partial charge >= 0.3 is 5.97 Å². The van der Waals surface area contributed by atoms with E-state index in [-0.39, 0.29) is 24.6 Å².